The average molecular weight is 288 g/mol. The number of fused-ring (bicyclic) bond motifs is 1. The fourth-order valence-electron chi connectivity index (χ4n) is 2.26. The van der Waals surface area contributed by atoms with Crippen LogP contribution in [-0.4, -0.2) is 16.1 Å². The van der Waals surface area contributed by atoms with Gasteiger partial charge in [-0.25, -0.2) is 4.79 Å². The highest BCUT2D eigenvalue weighted by Gasteiger charge is 2.09. The van der Waals surface area contributed by atoms with Crippen molar-refractivity contribution in [2.24, 2.45) is 0 Å². The monoisotopic (exact) mass is 287 g/mol. The largest absolute Gasteiger partial charge is 0.478 e. The number of hydrogen-bond acceptors (Lipinski definition) is 1. The van der Waals surface area contributed by atoms with E-state index in [0.29, 0.717) is 5.56 Å². The molecule has 0 atom stereocenters. The molecule has 0 unspecified atom stereocenters. The number of nitrogens with one attached hydrogen (secondary N) is 1. The molecule has 3 nitrogen and oxygen atoms in total. The van der Waals surface area contributed by atoms with Crippen molar-refractivity contribution in [3.05, 3.63) is 59.7 Å². The van der Waals surface area contributed by atoms with Crippen LogP contribution >= 0.6 is 12.4 Å². The van der Waals surface area contributed by atoms with E-state index in [1.807, 2.05) is 43.3 Å². The summed E-state index contributed by atoms with van der Waals surface area (Å²) >= 11 is 0. The fraction of sp³-hybridized carbons (Fsp3) is 0.0625. The highest BCUT2D eigenvalue weighted by atomic mass is 35.5. The lowest BCUT2D eigenvalue weighted by Gasteiger charge is -2.05. The molecule has 0 radical (unpaired) electrons. The number of halogens is 1. The predicted molar refractivity (Wildman–Crippen MR) is 82.7 cm³/mol. The van der Waals surface area contributed by atoms with Crippen LogP contribution in [0.2, 0.25) is 0 Å². The number of carboxylic acids is 1. The van der Waals surface area contributed by atoms with Gasteiger partial charge in [0.25, 0.3) is 0 Å². The van der Waals surface area contributed by atoms with Crippen LogP contribution < -0.4 is 0 Å². The first-order valence-electron chi connectivity index (χ1n) is 6.07. The number of H-pyrrole nitrogens is 1. The molecule has 20 heavy (non-hydrogen) atoms. The molecule has 0 saturated heterocycles. The summed E-state index contributed by atoms with van der Waals surface area (Å²) in [5, 5.41) is 10.2. The summed E-state index contributed by atoms with van der Waals surface area (Å²) in [6.45, 7) is 1.98. The van der Waals surface area contributed by atoms with Gasteiger partial charge in [-0.2, -0.15) is 0 Å². The molecule has 0 saturated carbocycles. The molecule has 102 valence electrons. The molecule has 4 heteroatoms. The zero-order valence-electron chi connectivity index (χ0n) is 10.9. The van der Waals surface area contributed by atoms with Crippen molar-refractivity contribution in [3.8, 4) is 11.3 Å². The summed E-state index contributed by atoms with van der Waals surface area (Å²) < 4.78 is 0. The first-order valence-corrected chi connectivity index (χ1v) is 6.07. The van der Waals surface area contributed by atoms with E-state index in [-0.39, 0.29) is 12.4 Å². The van der Waals surface area contributed by atoms with Crippen LogP contribution in [-0.2, 0) is 0 Å². The number of para-hydroxylation sites is 1. The number of aromatic carboxylic acids is 1. The van der Waals surface area contributed by atoms with Crippen LogP contribution in [0.3, 0.4) is 0 Å². The second-order valence-electron chi connectivity index (χ2n) is 4.61. The minimum Gasteiger partial charge on any atom is -0.478 e. The molecule has 0 spiro atoms. The van der Waals surface area contributed by atoms with Gasteiger partial charge >= 0.3 is 5.97 Å². The molecule has 1 heterocycles. The molecule has 0 bridgehead atoms. The number of aryl methyl sites for hydroxylation is 1. The third-order valence-corrected chi connectivity index (χ3v) is 3.30. The van der Waals surface area contributed by atoms with Crippen molar-refractivity contribution in [1.82, 2.24) is 4.98 Å². The maximum Gasteiger partial charge on any atom is 0.335 e. The van der Waals surface area contributed by atoms with Crippen LogP contribution in [0.5, 0.6) is 0 Å². The van der Waals surface area contributed by atoms with Gasteiger partial charge in [-0.1, -0.05) is 24.3 Å². The van der Waals surface area contributed by atoms with E-state index in [4.69, 9.17) is 5.11 Å². The van der Waals surface area contributed by atoms with E-state index in [2.05, 4.69) is 4.98 Å². The van der Waals surface area contributed by atoms with Crippen molar-refractivity contribution in [2.45, 2.75) is 6.92 Å². The maximum atomic E-state index is 11.1. The SMILES string of the molecule is Cc1ccc(C(=O)O)cc1-c1cc2ccccc2[nH]1.Cl. The minimum atomic E-state index is -0.905. The van der Waals surface area contributed by atoms with Crippen LogP contribution in [0.1, 0.15) is 15.9 Å². The molecule has 3 aromatic rings. The van der Waals surface area contributed by atoms with E-state index in [0.717, 1.165) is 27.7 Å². The molecule has 0 amide bonds. The number of benzene rings is 2. The lowest BCUT2D eigenvalue weighted by atomic mass is 10.0. The molecule has 0 aliphatic rings. The molecular weight excluding hydrogens is 274 g/mol. The Kier molecular flexibility index (Phi) is 3.81. The Hall–Kier alpha value is -2.26. The van der Waals surface area contributed by atoms with Crippen molar-refractivity contribution in [3.63, 3.8) is 0 Å². The Balaban J connectivity index is 0.00000147. The third kappa shape index (κ3) is 2.40. The van der Waals surface area contributed by atoms with Crippen molar-refractivity contribution in [1.29, 1.82) is 0 Å². The molecule has 1 aromatic heterocycles. The van der Waals surface area contributed by atoms with Gasteiger partial charge in [0.05, 0.1) is 5.56 Å². The summed E-state index contributed by atoms with van der Waals surface area (Å²) in [7, 11) is 0. The van der Waals surface area contributed by atoms with Crippen molar-refractivity contribution in [2.75, 3.05) is 0 Å². The maximum absolute atomic E-state index is 11.1. The van der Waals surface area contributed by atoms with E-state index >= 15 is 0 Å². The molecule has 0 aliphatic carbocycles. The number of hydrogen-bond donors (Lipinski definition) is 2. The Morgan fingerprint density at radius 3 is 2.55 bits per heavy atom. The number of aromatic nitrogens is 1. The highest BCUT2D eigenvalue weighted by molar-refractivity contribution is 5.91. The lowest BCUT2D eigenvalue weighted by molar-refractivity contribution is 0.0697. The second kappa shape index (κ2) is 5.39. The van der Waals surface area contributed by atoms with E-state index in [9.17, 15) is 4.79 Å². The summed E-state index contributed by atoms with van der Waals surface area (Å²) in [5.74, 6) is -0.905. The Bertz CT molecular complexity index is 744. The molecule has 2 aromatic carbocycles. The van der Waals surface area contributed by atoms with E-state index in [1.165, 1.54) is 0 Å². The summed E-state index contributed by atoms with van der Waals surface area (Å²) in [4.78, 5) is 14.4. The Labute approximate surface area is 122 Å². The zero-order chi connectivity index (χ0) is 13.4. The van der Waals surface area contributed by atoms with Gasteiger partial charge < -0.3 is 10.1 Å². The lowest BCUT2D eigenvalue weighted by Crippen LogP contribution is -1.97. The fourth-order valence-corrected chi connectivity index (χ4v) is 2.26. The minimum absolute atomic E-state index is 0. The molecular formula is C16H14ClNO2. The van der Waals surface area contributed by atoms with Crippen LogP contribution in [0, 0.1) is 6.92 Å². The average Bonchev–Trinajstić information content (AvgIpc) is 2.82. The quantitative estimate of drug-likeness (QED) is 0.740. The molecule has 0 fully saturated rings. The van der Waals surface area contributed by atoms with Gasteiger partial charge in [0.1, 0.15) is 0 Å². The standard InChI is InChI=1S/C16H13NO2.ClH/c1-10-6-7-12(16(18)19)8-13(10)15-9-11-4-2-3-5-14(11)17-15;/h2-9,17H,1H3,(H,18,19);1H. The summed E-state index contributed by atoms with van der Waals surface area (Å²) in [5.41, 5.74) is 4.28. The number of carboxylic acid groups (broad SMARTS) is 1. The van der Waals surface area contributed by atoms with Crippen LogP contribution in [0.15, 0.2) is 48.5 Å². The van der Waals surface area contributed by atoms with Gasteiger partial charge in [-0.05, 0) is 36.8 Å². The number of aromatic amines is 1. The van der Waals surface area contributed by atoms with Crippen molar-refractivity contribution < 1.29 is 9.90 Å². The first-order chi connectivity index (χ1) is 9.15. The topological polar surface area (TPSA) is 53.1 Å². The van der Waals surface area contributed by atoms with Crippen molar-refractivity contribution >= 4 is 29.3 Å². The molecule has 0 aliphatic heterocycles. The van der Waals surface area contributed by atoms with Crippen LogP contribution in [0.25, 0.3) is 22.2 Å². The summed E-state index contributed by atoms with van der Waals surface area (Å²) in [6.07, 6.45) is 0. The third-order valence-electron chi connectivity index (χ3n) is 3.30. The molecule has 3 rings (SSSR count). The number of carbonyl (C=O) groups is 1. The predicted octanol–water partition coefficient (Wildman–Crippen LogP) is 4.26. The zero-order valence-corrected chi connectivity index (χ0v) is 11.7. The van der Waals surface area contributed by atoms with Gasteiger partial charge in [-0.3, -0.25) is 0 Å². The van der Waals surface area contributed by atoms with E-state index < -0.39 is 5.97 Å². The van der Waals surface area contributed by atoms with Gasteiger partial charge in [0.2, 0.25) is 0 Å². The first kappa shape index (κ1) is 14.2. The normalized spacial score (nSPS) is 10.2. The highest BCUT2D eigenvalue weighted by Crippen LogP contribution is 2.27. The van der Waals surface area contributed by atoms with E-state index in [1.54, 1.807) is 12.1 Å². The summed E-state index contributed by atoms with van der Waals surface area (Å²) in [6, 6.07) is 15.2. The van der Waals surface area contributed by atoms with Gasteiger partial charge in [-0.15, -0.1) is 12.4 Å². The van der Waals surface area contributed by atoms with Crippen LogP contribution in [0.4, 0.5) is 0 Å². The van der Waals surface area contributed by atoms with Gasteiger partial charge in [0.15, 0.2) is 0 Å². The number of rotatable bonds is 2. The Morgan fingerprint density at radius 1 is 1.10 bits per heavy atom. The van der Waals surface area contributed by atoms with Gasteiger partial charge in [0, 0.05) is 22.2 Å². The molecule has 2 N–H and O–H groups in total. The smallest absolute Gasteiger partial charge is 0.335 e. The Morgan fingerprint density at radius 2 is 1.85 bits per heavy atom. The second-order valence-corrected chi connectivity index (χ2v) is 4.61.